The number of halogens is 1. The number of H-pyrrole nitrogens is 2. The predicted octanol–water partition coefficient (Wildman–Crippen LogP) is 1.79. The van der Waals surface area contributed by atoms with Crippen molar-refractivity contribution in [3.63, 3.8) is 0 Å². The van der Waals surface area contributed by atoms with Crippen LogP contribution in [0, 0.1) is 5.82 Å². The molecule has 1 atom stereocenters. The fourth-order valence-corrected chi connectivity index (χ4v) is 3.42. The summed E-state index contributed by atoms with van der Waals surface area (Å²) in [5.74, 6) is -0.636. The number of nitrogens with zero attached hydrogens (tertiary/aromatic N) is 1. The Morgan fingerprint density at radius 2 is 2.25 bits per heavy atom. The summed E-state index contributed by atoms with van der Waals surface area (Å²) >= 11 is 0. The Morgan fingerprint density at radius 1 is 1.39 bits per heavy atom. The minimum absolute atomic E-state index is 0.250. The van der Waals surface area contributed by atoms with Gasteiger partial charge in [-0.05, 0) is 23.8 Å². The van der Waals surface area contributed by atoms with Gasteiger partial charge in [-0.1, -0.05) is 0 Å². The summed E-state index contributed by atoms with van der Waals surface area (Å²) in [6.07, 6.45) is 2.68. The summed E-state index contributed by atoms with van der Waals surface area (Å²) in [7, 11) is 0. The normalized spacial score (nSPS) is 14.5. The van der Waals surface area contributed by atoms with Crippen molar-refractivity contribution in [3.05, 3.63) is 47.0 Å². The average molecular weight is 385 g/mol. The van der Waals surface area contributed by atoms with Crippen LogP contribution in [0.15, 0.2) is 24.4 Å². The topological polar surface area (TPSA) is 112 Å². The second-order valence-electron chi connectivity index (χ2n) is 6.78. The molecule has 146 valence electrons. The Hall–Kier alpha value is -3.20. The maximum atomic E-state index is 13.4. The van der Waals surface area contributed by atoms with Crippen LogP contribution in [0.1, 0.15) is 23.7 Å². The SMILES string of the molecule is CC(=O)NC(Cc1c[nH]c2cc(F)ccc12)C(=O)Nc1n[nH]c2c1COCC2. The number of carbonyl (C=O) groups excluding carboxylic acids is 2. The number of anilines is 1. The molecule has 0 saturated heterocycles. The highest BCUT2D eigenvalue weighted by molar-refractivity contribution is 5.97. The van der Waals surface area contributed by atoms with E-state index < -0.39 is 6.04 Å². The van der Waals surface area contributed by atoms with Crippen LogP contribution >= 0.6 is 0 Å². The van der Waals surface area contributed by atoms with Crippen LogP contribution in [-0.4, -0.2) is 39.6 Å². The summed E-state index contributed by atoms with van der Waals surface area (Å²) in [6, 6.07) is 3.60. The molecule has 1 unspecified atom stereocenters. The van der Waals surface area contributed by atoms with Crippen LogP contribution in [0.4, 0.5) is 10.2 Å². The molecule has 1 aliphatic rings. The fraction of sp³-hybridized carbons (Fsp3) is 0.316. The average Bonchev–Trinajstić information content (AvgIpc) is 3.25. The number of rotatable bonds is 5. The van der Waals surface area contributed by atoms with E-state index in [9.17, 15) is 14.0 Å². The van der Waals surface area contributed by atoms with Crippen LogP contribution in [0.5, 0.6) is 0 Å². The molecule has 0 saturated carbocycles. The maximum absolute atomic E-state index is 13.4. The largest absolute Gasteiger partial charge is 0.376 e. The Bertz CT molecular complexity index is 1040. The molecule has 8 nitrogen and oxygen atoms in total. The molecule has 0 fully saturated rings. The van der Waals surface area contributed by atoms with Crippen molar-refractivity contribution in [1.82, 2.24) is 20.5 Å². The first-order chi connectivity index (χ1) is 13.5. The van der Waals surface area contributed by atoms with Gasteiger partial charge in [0.1, 0.15) is 11.9 Å². The molecule has 1 aliphatic heterocycles. The summed E-state index contributed by atoms with van der Waals surface area (Å²) in [5, 5.41) is 13.3. The smallest absolute Gasteiger partial charge is 0.248 e. The molecule has 3 heterocycles. The van der Waals surface area contributed by atoms with E-state index >= 15 is 0 Å². The van der Waals surface area contributed by atoms with Crippen molar-refractivity contribution >= 4 is 28.5 Å². The summed E-state index contributed by atoms with van der Waals surface area (Å²) in [5.41, 5.74) is 3.20. The van der Waals surface area contributed by atoms with Gasteiger partial charge in [0.2, 0.25) is 11.8 Å². The number of benzene rings is 1. The summed E-state index contributed by atoms with van der Waals surface area (Å²) < 4.78 is 18.8. The van der Waals surface area contributed by atoms with E-state index in [0.29, 0.717) is 31.0 Å². The zero-order valence-electron chi connectivity index (χ0n) is 15.3. The van der Waals surface area contributed by atoms with Crippen LogP contribution in [0.25, 0.3) is 10.9 Å². The molecule has 0 spiro atoms. The quantitative estimate of drug-likeness (QED) is 0.536. The second kappa shape index (κ2) is 7.43. The van der Waals surface area contributed by atoms with Gasteiger partial charge in [-0.3, -0.25) is 14.7 Å². The highest BCUT2D eigenvalue weighted by atomic mass is 19.1. The molecule has 4 N–H and O–H groups in total. The first kappa shape index (κ1) is 18.2. The van der Waals surface area contributed by atoms with Gasteiger partial charge >= 0.3 is 0 Å². The number of amides is 2. The van der Waals surface area contributed by atoms with Crippen molar-refractivity contribution in [3.8, 4) is 0 Å². The molecular formula is C19H20FN5O3. The number of carbonyl (C=O) groups is 2. The first-order valence-corrected chi connectivity index (χ1v) is 8.98. The van der Waals surface area contributed by atoms with Crippen molar-refractivity contribution in [2.45, 2.75) is 32.4 Å². The number of aromatic amines is 2. The van der Waals surface area contributed by atoms with E-state index in [0.717, 1.165) is 22.2 Å². The molecule has 2 amide bonds. The lowest BCUT2D eigenvalue weighted by molar-refractivity contribution is -0.125. The minimum Gasteiger partial charge on any atom is -0.376 e. The van der Waals surface area contributed by atoms with E-state index in [1.807, 2.05) is 0 Å². The van der Waals surface area contributed by atoms with E-state index in [1.54, 1.807) is 12.3 Å². The number of aromatic nitrogens is 3. The van der Waals surface area contributed by atoms with Gasteiger partial charge < -0.3 is 20.4 Å². The van der Waals surface area contributed by atoms with E-state index in [-0.39, 0.29) is 24.1 Å². The molecule has 4 rings (SSSR count). The summed E-state index contributed by atoms with van der Waals surface area (Å²) in [4.78, 5) is 27.5. The van der Waals surface area contributed by atoms with Crippen LogP contribution in [0.2, 0.25) is 0 Å². The Balaban J connectivity index is 1.56. The molecule has 0 aliphatic carbocycles. The third kappa shape index (κ3) is 3.61. The Kier molecular flexibility index (Phi) is 4.82. The molecule has 3 aromatic rings. The van der Waals surface area contributed by atoms with Crippen LogP contribution in [-0.2, 0) is 33.8 Å². The lowest BCUT2D eigenvalue weighted by Crippen LogP contribution is -2.44. The first-order valence-electron chi connectivity index (χ1n) is 8.98. The maximum Gasteiger partial charge on any atom is 0.248 e. The van der Waals surface area contributed by atoms with Crippen LogP contribution < -0.4 is 10.6 Å². The zero-order valence-corrected chi connectivity index (χ0v) is 15.3. The summed E-state index contributed by atoms with van der Waals surface area (Å²) in [6.45, 7) is 2.34. The van der Waals surface area contributed by atoms with Gasteiger partial charge in [-0.2, -0.15) is 5.10 Å². The van der Waals surface area contributed by atoms with Gasteiger partial charge in [-0.25, -0.2) is 4.39 Å². The fourth-order valence-electron chi connectivity index (χ4n) is 3.42. The third-order valence-corrected chi connectivity index (χ3v) is 4.78. The van der Waals surface area contributed by atoms with Crippen molar-refractivity contribution in [1.29, 1.82) is 0 Å². The number of nitrogens with one attached hydrogen (secondary N) is 4. The van der Waals surface area contributed by atoms with Crippen molar-refractivity contribution < 1.29 is 18.7 Å². The number of hydrogen-bond donors (Lipinski definition) is 4. The molecule has 9 heteroatoms. The Morgan fingerprint density at radius 3 is 3.07 bits per heavy atom. The lowest BCUT2D eigenvalue weighted by Gasteiger charge is -2.18. The zero-order chi connectivity index (χ0) is 19.7. The van der Waals surface area contributed by atoms with Gasteiger partial charge in [0.05, 0.1) is 13.2 Å². The predicted molar refractivity (Wildman–Crippen MR) is 100 cm³/mol. The van der Waals surface area contributed by atoms with Gasteiger partial charge in [0.25, 0.3) is 0 Å². The lowest BCUT2D eigenvalue weighted by atomic mass is 10.0. The molecule has 28 heavy (non-hydrogen) atoms. The monoisotopic (exact) mass is 385 g/mol. The number of ether oxygens (including phenoxy) is 1. The molecule has 1 aromatic carbocycles. The highest BCUT2D eigenvalue weighted by Crippen LogP contribution is 2.23. The number of hydrogen-bond acceptors (Lipinski definition) is 4. The minimum atomic E-state index is -0.807. The molecule has 2 aromatic heterocycles. The standard InChI is InChI=1S/C19H20FN5O3/c1-10(26)22-17(6-11-8-21-16-7-12(20)2-3-13(11)16)19(27)23-18-14-9-28-5-4-15(14)24-25-18/h2-3,7-8,17,21H,4-6,9H2,1H3,(H,22,26)(H2,23,24,25,27). The molecule has 0 radical (unpaired) electrons. The molecular weight excluding hydrogens is 365 g/mol. The molecule has 0 bridgehead atoms. The number of fused-ring (bicyclic) bond motifs is 2. The van der Waals surface area contributed by atoms with Crippen molar-refractivity contribution in [2.75, 3.05) is 11.9 Å². The van der Waals surface area contributed by atoms with Gasteiger partial charge in [-0.15, -0.1) is 0 Å². The van der Waals surface area contributed by atoms with Gasteiger partial charge in [0, 0.05) is 48.1 Å². The van der Waals surface area contributed by atoms with Gasteiger partial charge in [0.15, 0.2) is 5.82 Å². The van der Waals surface area contributed by atoms with E-state index in [4.69, 9.17) is 4.74 Å². The third-order valence-electron chi connectivity index (χ3n) is 4.78. The Labute approximate surface area is 159 Å². The highest BCUT2D eigenvalue weighted by Gasteiger charge is 2.25. The van der Waals surface area contributed by atoms with Crippen molar-refractivity contribution in [2.24, 2.45) is 0 Å². The van der Waals surface area contributed by atoms with E-state index in [1.165, 1.54) is 19.1 Å². The second-order valence-corrected chi connectivity index (χ2v) is 6.78. The van der Waals surface area contributed by atoms with Crippen LogP contribution in [0.3, 0.4) is 0 Å². The van der Waals surface area contributed by atoms with E-state index in [2.05, 4.69) is 25.8 Å².